The first-order valence-corrected chi connectivity index (χ1v) is 17.0. The zero-order valence-electron chi connectivity index (χ0n) is 27.8. The Hall–Kier alpha value is -5.28. The van der Waals surface area contributed by atoms with Crippen LogP contribution in [0, 0.1) is 0 Å². The Morgan fingerprint density at radius 3 is 2.04 bits per heavy atom. The van der Waals surface area contributed by atoms with Crippen molar-refractivity contribution in [2.75, 3.05) is 13.7 Å². The quantitative estimate of drug-likeness (QED) is 0.149. The molecule has 2 atom stereocenters. The molecule has 0 amide bonds. The first-order valence-electron chi connectivity index (χ1n) is 17.0. The second-order valence-electron chi connectivity index (χ2n) is 13.2. The van der Waals surface area contributed by atoms with Crippen LogP contribution in [0.1, 0.15) is 60.1 Å². The molecule has 3 nitrogen and oxygen atoms in total. The van der Waals surface area contributed by atoms with Crippen molar-refractivity contribution in [1.29, 1.82) is 0 Å². The molecular weight excluding hydrogens is 588 g/mol. The lowest BCUT2D eigenvalue weighted by molar-refractivity contribution is 0.163. The van der Waals surface area contributed by atoms with E-state index in [0.29, 0.717) is 6.61 Å². The van der Waals surface area contributed by atoms with Crippen molar-refractivity contribution in [3.8, 4) is 28.4 Å². The van der Waals surface area contributed by atoms with Gasteiger partial charge in [-0.1, -0.05) is 129 Å². The number of hydrogen-bond donors (Lipinski definition) is 0. The average Bonchev–Trinajstić information content (AvgIpc) is 3.40. The summed E-state index contributed by atoms with van der Waals surface area (Å²) in [6.45, 7) is 5.30. The van der Waals surface area contributed by atoms with E-state index in [0.717, 1.165) is 58.6 Å². The largest absolute Gasteiger partial charge is 0.497 e. The smallest absolute Gasteiger partial charge is 0.178 e. The van der Waals surface area contributed by atoms with E-state index >= 15 is 0 Å². The third-order valence-electron chi connectivity index (χ3n) is 10.3. The number of benzene rings is 6. The predicted molar refractivity (Wildman–Crippen MR) is 196 cm³/mol. The fraction of sp³-hybridized carbons (Fsp3) is 0.200. The third-order valence-corrected chi connectivity index (χ3v) is 10.3. The lowest BCUT2D eigenvalue weighted by Gasteiger charge is -2.39. The predicted octanol–water partition coefficient (Wildman–Crippen LogP) is 10.9. The second kappa shape index (κ2) is 12.1. The number of rotatable bonds is 9. The topological polar surface area (TPSA) is 27.7 Å². The van der Waals surface area contributed by atoms with Crippen molar-refractivity contribution in [3.63, 3.8) is 0 Å². The zero-order valence-corrected chi connectivity index (χ0v) is 27.8. The van der Waals surface area contributed by atoms with Gasteiger partial charge in [-0.2, -0.15) is 0 Å². The molecule has 6 aromatic carbocycles. The summed E-state index contributed by atoms with van der Waals surface area (Å²) in [6.07, 6.45) is 7.61. The van der Waals surface area contributed by atoms with Gasteiger partial charge in [-0.3, -0.25) is 0 Å². The van der Waals surface area contributed by atoms with E-state index in [9.17, 15) is 0 Å². The molecule has 0 spiro atoms. The molecule has 0 aromatic heterocycles. The number of hydrogen-bond acceptors (Lipinski definition) is 3. The molecule has 48 heavy (non-hydrogen) atoms. The van der Waals surface area contributed by atoms with Gasteiger partial charge in [0.2, 0.25) is 0 Å². The highest BCUT2D eigenvalue weighted by molar-refractivity contribution is 6.08. The zero-order chi connectivity index (χ0) is 32.7. The van der Waals surface area contributed by atoms with Crippen LogP contribution in [0.4, 0.5) is 0 Å². The van der Waals surface area contributed by atoms with Crippen LogP contribution in [-0.2, 0) is 17.4 Å². The van der Waals surface area contributed by atoms with Crippen molar-refractivity contribution in [2.24, 2.45) is 0 Å². The molecule has 2 aliphatic rings. The summed E-state index contributed by atoms with van der Waals surface area (Å²) in [5, 5.41) is 2.33. The van der Waals surface area contributed by atoms with Gasteiger partial charge in [-0.25, -0.2) is 0 Å². The SMILES string of the molecule is CCCCOc1ccc(C2(c3ccc(OC)cc3)C=Cc3c4c(c5ccccc5c3O2)-c2ccccc2C4(C)Cc2ccccc2)cc1. The van der Waals surface area contributed by atoms with E-state index in [1.165, 1.54) is 33.2 Å². The van der Waals surface area contributed by atoms with Gasteiger partial charge in [-0.05, 0) is 76.4 Å². The highest BCUT2D eigenvalue weighted by atomic mass is 16.5. The summed E-state index contributed by atoms with van der Waals surface area (Å²) >= 11 is 0. The van der Waals surface area contributed by atoms with Crippen molar-refractivity contribution in [3.05, 3.63) is 167 Å². The Morgan fingerprint density at radius 2 is 1.33 bits per heavy atom. The van der Waals surface area contributed by atoms with Crippen LogP contribution >= 0.6 is 0 Å². The number of unbranched alkanes of at least 4 members (excludes halogenated alkanes) is 1. The molecule has 0 bridgehead atoms. The summed E-state index contributed by atoms with van der Waals surface area (Å²) in [7, 11) is 1.70. The van der Waals surface area contributed by atoms with Crippen molar-refractivity contribution in [2.45, 2.75) is 44.1 Å². The average molecular weight is 629 g/mol. The molecule has 1 heterocycles. The van der Waals surface area contributed by atoms with Gasteiger partial charge in [0.25, 0.3) is 0 Å². The fourth-order valence-electron chi connectivity index (χ4n) is 7.90. The van der Waals surface area contributed by atoms with Gasteiger partial charge in [0, 0.05) is 27.5 Å². The highest BCUT2D eigenvalue weighted by Gasteiger charge is 2.46. The maximum atomic E-state index is 7.52. The van der Waals surface area contributed by atoms with Gasteiger partial charge < -0.3 is 14.2 Å². The van der Waals surface area contributed by atoms with E-state index in [1.807, 2.05) is 12.1 Å². The molecule has 0 saturated heterocycles. The molecule has 3 heteroatoms. The Morgan fingerprint density at radius 1 is 0.688 bits per heavy atom. The summed E-state index contributed by atoms with van der Waals surface area (Å²) in [5.41, 5.74) is 8.75. The Labute approximate surface area is 283 Å². The van der Waals surface area contributed by atoms with Crippen molar-refractivity contribution in [1.82, 2.24) is 0 Å². The van der Waals surface area contributed by atoms with Crippen molar-refractivity contribution < 1.29 is 14.2 Å². The monoisotopic (exact) mass is 628 g/mol. The van der Waals surface area contributed by atoms with Crippen LogP contribution in [0.25, 0.3) is 28.0 Å². The van der Waals surface area contributed by atoms with Crippen LogP contribution < -0.4 is 14.2 Å². The first-order chi connectivity index (χ1) is 23.6. The van der Waals surface area contributed by atoms with Crippen LogP contribution in [0.15, 0.2) is 133 Å². The van der Waals surface area contributed by atoms with Crippen LogP contribution in [0.3, 0.4) is 0 Å². The van der Waals surface area contributed by atoms with E-state index in [4.69, 9.17) is 14.2 Å². The van der Waals surface area contributed by atoms with Gasteiger partial charge in [0.15, 0.2) is 5.60 Å². The first kappa shape index (κ1) is 30.1. The molecule has 1 aliphatic carbocycles. The van der Waals surface area contributed by atoms with Gasteiger partial charge >= 0.3 is 0 Å². The maximum Gasteiger partial charge on any atom is 0.178 e. The maximum absolute atomic E-state index is 7.52. The van der Waals surface area contributed by atoms with Gasteiger partial charge in [0.1, 0.15) is 17.2 Å². The van der Waals surface area contributed by atoms with Crippen LogP contribution in [-0.4, -0.2) is 13.7 Å². The lowest BCUT2D eigenvalue weighted by Crippen LogP contribution is -2.35. The van der Waals surface area contributed by atoms with E-state index in [-0.39, 0.29) is 5.41 Å². The molecule has 6 aromatic rings. The molecule has 0 fully saturated rings. The molecule has 8 rings (SSSR count). The Balaban J connectivity index is 1.35. The van der Waals surface area contributed by atoms with Gasteiger partial charge in [-0.15, -0.1) is 0 Å². The minimum absolute atomic E-state index is 0.257. The number of methoxy groups -OCH3 is 1. The Bertz CT molecular complexity index is 2130. The molecule has 2 unspecified atom stereocenters. The summed E-state index contributed by atoms with van der Waals surface area (Å²) in [6, 6.07) is 45.3. The lowest BCUT2D eigenvalue weighted by atomic mass is 9.72. The molecule has 1 aliphatic heterocycles. The van der Waals surface area contributed by atoms with Crippen molar-refractivity contribution >= 4 is 16.8 Å². The molecule has 0 radical (unpaired) electrons. The van der Waals surface area contributed by atoms with E-state index < -0.39 is 5.60 Å². The highest BCUT2D eigenvalue weighted by Crippen LogP contribution is 2.59. The van der Waals surface area contributed by atoms with E-state index in [2.05, 4.69) is 141 Å². The molecular formula is C45H40O3. The van der Waals surface area contributed by atoms with Crippen LogP contribution in [0.2, 0.25) is 0 Å². The minimum atomic E-state index is -0.862. The minimum Gasteiger partial charge on any atom is -0.497 e. The summed E-state index contributed by atoms with van der Waals surface area (Å²) in [4.78, 5) is 0. The molecule has 0 saturated carbocycles. The summed E-state index contributed by atoms with van der Waals surface area (Å²) < 4.78 is 19.1. The molecule has 0 N–H and O–H groups in total. The second-order valence-corrected chi connectivity index (χ2v) is 13.2. The Kier molecular flexibility index (Phi) is 7.56. The van der Waals surface area contributed by atoms with Gasteiger partial charge in [0.05, 0.1) is 13.7 Å². The fourth-order valence-corrected chi connectivity index (χ4v) is 7.90. The molecule has 238 valence electrons. The standard InChI is InChI=1S/C45H40O3/c1-4-5-29-47-35-25-21-33(22-26-35)45(32-19-23-34(46-3)24-20-32)28-27-39-42-41(36-15-9-10-16-37(36)43(39)48-45)38-17-11-12-18-40(38)44(42,2)30-31-13-7-6-8-14-31/h6-28H,4-5,29-30H2,1-3H3. The normalized spacial score (nSPS) is 18.9. The third kappa shape index (κ3) is 4.80. The van der Waals surface area contributed by atoms with E-state index in [1.54, 1.807) is 7.11 Å². The summed E-state index contributed by atoms with van der Waals surface area (Å²) in [5.74, 6) is 2.60. The number of ether oxygens (including phenoxy) is 3. The number of fused-ring (bicyclic) bond motifs is 8. The van der Waals surface area contributed by atoms with Crippen LogP contribution in [0.5, 0.6) is 17.2 Å².